The van der Waals surface area contributed by atoms with Crippen LogP contribution < -0.4 is 10.1 Å². The monoisotopic (exact) mass is 476 g/mol. The maximum atomic E-state index is 13.1. The first-order valence-corrected chi connectivity index (χ1v) is 12.0. The number of nitrogens with one attached hydrogen (secondary N) is 1. The van der Waals surface area contributed by atoms with E-state index in [2.05, 4.69) is 26.1 Å². The molecule has 0 saturated heterocycles. The van der Waals surface area contributed by atoms with Gasteiger partial charge >= 0.3 is 0 Å². The van der Waals surface area contributed by atoms with Gasteiger partial charge in [0.05, 0.1) is 11.4 Å². The summed E-state index contributed by atoms with van der Waals surface area (Å²) in [6.45, 7) is 12.5. The maximum Gasteiger partial charge on any atom is 0.260 e. The first-order chi connectivity index (χ1) is 16.5. The van der Waals surface area contributed by atoms with E-state index >= 15 is 0 Å². The highest BCUT2D eigenvalue weighted by atomic mass is 16.5. The molecule has 7 nitrogen and oxygen atoms in total. The van der Waals surface area contributed by atoms with Crippen molar-refractivity contribution in [2.75, 3.05) is 25.0 Å². The Morgan fingerprint density at radius 2 is 1.71 bits per heavy atom. The molecule has 3 aromatic rings. The van der Waals surface area contributed by atoms with Crippen LogP contribution in [-0.2, 0) is 15.0 Å². The number of ether oxygens (including phenoxy) is 1. The van der Waals surface area contributed by atoms with E-state index in [1.54, 1.807) is 21.7 Å². The van der Waals surface area contributed by atoms with Gasteiger partial charge in [-0.1, -0.05) is 70.5 Å². The number of benzene rings is 2. The highest BCUT2D eigenvalue weighted by Crippen LogP contribution is 2.26. The van der Waals surface area contributed by atoms with Crippen LogP contribution in [0.3, 0.4) is 0 Å². The molecule has 0 bridgehead atoms. The van der Waals surface area contributed by atoms with E-state index in [0.29, 0.717) is 18.1 Å². The minimum absolute atomic E-state index is 0.0703. The summed E-state index contributed by atoms with van der Waals surface area (Å²) in [6.07, 6.45) is 0. The smallest absolute Gasteiger partial charge is 0.260 e. The molecule has 0 aliphatic heterocycles. The second kappa shape index (κ2) is 11.2. The van der Waals surface area contributed by atoms with Crippen molar-refractivity contribution in [1.82, 2.24) is 14.7 Å². The molecule has 7 heteroatoms. The van der Waals surface area contributed by atoms with Crippen LogP contribution in [-0.4, -0.2) is 46.2 Å². The summed E-state index contributed by atoms with van der Waals surface area (Å²) in [7, 11) is 0. The van der Waals surface area contributed by atoms with Gasteiger partial charge in [0.15, 0.2) is 6.61 Å². The van der Waals surface area contributed by atoms with E-state index in [1.165, 1.54) is 0 Å². The maximum absolute atomic E-state index is 13.1. The van der Waals surface area contributed by atoms with Crippen molar-refractivity contribution in [3.8, 4) is 11.4 Å². The van der Waals surface area contributed by atoms with Gasteiger partial charge in [0, 0.05) is 18.0 Å². The molecule has 186 valence electrons. The van der Waals surface area contributed by atoms with Crippen molar-refractivity contribution in [2.24, 2.45) is 5.92 Å². The molecule has 0 aliphatic carbocycles. The van der Waals surface area contributed by atoms with Gasteiger partial charge in [-0.25, -0.2) is 4.68 Å². The van der Waals surface area contributed by atoms with Crippen LogP contribution in [0, 0.1) is 12.8 Å². The summed E-state index contributed by atoms with van der Waals surface area (Å²) >= 11 is 0. The lowest BCUT2D eigenvalue weighted by Gasteiger charge is -2.24. The highest BCUT2D eigenvalue weighted by Gasteiger charge is 2.23. The van der Waals surface area contributed by atoms with E-state index in [1.807, 2.05) is 69.3 Å². The van der Waals surface area contributed by atoms with Crippen molar-refractivity contribution in [1.29, 1.82) is 0 Å². The van der Waals surface area contributed by atoms with Crippen LogP contribution >= 0.6 is 0 Å². The van der Waals surface area contributed by atoms with Crippen molar-refractivity contribution in [3.05, 3.63) is 71.9 Å². The van der Waals surface area contributed by atoms with Gasteiger partial charge in [0.1, 0.15) is 18.1 Å². The number of hydrogen-bond acceptors (Lipinski definition) is 4. The summed E-state index contributed by atoms with van der Waals surface area (Å²) in [5.74, 6) is 0.870. The number of carbonyl (C=O) groups is 2. The summed E-state index contributed by atoms with van der Waals surface area (Å²) < 4.78 is 7.36. The number of nitrogens with zero attached hydrogens (tertiary/aromatic N) is 3. The minimum atomic E-state index is -0.285. The fraction of sp³-hybridized carbons (Fsp3) is 0.393. The summed E-state index contributed by atoms with van der Waals surface area (Å²) in [6, 6.07) is 19.0. The Hall–Kier alpha value is -3.61. The zero-order valence-electron chi connectivity index (χ0n) is 21.5. The van der Waals surface area contributed by atoms with Gasteiger partial charge in [-0.15, -0.1) is 0 Å². The van der Waals surface area contributed by atoms with Gasteiger partial charge in [-0.2, -0.15) is 5.10 Å². The van der Waals surface area contributed by atoms with E-state index < -0.39 is 0 Å². The number of amides is 2. The Morgan fingerprint density at radius 1 is 1.06 bits per heavy atom. The second-order valence-corrected chi connectivity index (χ2v) is 10.2. The van der Waals surface area contributed by atoms with Crippen LogP contribution in [0.1, 0.15) is 45.9 Å². The van der Waals surface area contributed by atoms with Crippen molar-refractivity contribution in [2.45, 2.75) is 47.0 Å². The summed E-state index contributed by atoms with van der Waals surface area (Å²) in [4.78, 5) is 27.5. The SMILES string of the molecule is Cc1ccc(-n2nc(C(C)(C)C)cc2NC(=O)CN(CC(C)C)C(=O)COc2ccccc2)cc1. The van der Waals surface area contributed by atoms with E-state index in [-0.39, 0.29) is 36.3 Å². The molecule has 2 aromatic carbocycles. The Labute approximate surface area is 208 Å². The third-order valence-corrected chi connectivity index (χ3v) is 5.40. The third kappa shape index (κ3) is 7.44. The fourth-order valence-electron chi connectivity index (χ4n) is 3.52. The van der Waals surface area contributed by atoms with Gasteiger partial charge in [0.25, 0.3) is 5.91 Å². The van der Waals surface area contributed by atoms with Gasteiger partial charge in [0.2, 0.25) is 5.91 Å². The zero-order valence-corrected chi connectivity index (χ0v) is 21.5. The molecule has 2 amide bonds. The zero-order chi connectivity index (χ0) is 25.6. The third-order valence-electron chi connectivity index (χ3n) is 5.40. The molecule has 3 rings (SSSR count). The average Bonchev–Trinajstić information content (AvgIpc) is 3.22. The van der Waals surface area contributed by atoms with Crippen LogP contribution in [0.5, 0.6) is 5.75 Å². The molecule has 0 unspecified atom stereocenters. The minimum Gasteiger partial charge on any atom is -0.484 e. The van der Waals surface area contributed by atoms with Gasteiger partial charge < -0.3 is 15.0 Å². The summed E-state index contributed by atoms with van der Waals surface area (Å²) in [5, 5.41) is 7.74. The van der Waals surface area contributed by atoms with Crippen molar-refractivity contribution < 1.29 is 14.3 Å². The topological polar surface area (TPSA) is 76.5 Å². The van der Waals surface area contributed by atoms with Crippen LogP contribution in [0.15, 0.2) is 60.7 Å². The Kier molecular flexibility index (Phi) is 8.33. The van der Waals surface area contributed by atoms with E-state index in [9.17, 15) is 9.59 Å². The molecule has 0 fully saturated rings. The Balaban J connectivity index is 1.76. The molecule has 0 spiro atoms. The largest absolute Gasteiger partial charge is 0.484 e. The van der Waals surface area contributed by atoms with Crippen LogP contribution in [0.4, 0.5) is 5.82 Å². The number of rotatable bonds is 9. The quantitative estimate of drug-likeness (QED) is 0.473. The van der Waals surface area contributed by atoms with Crippen molar-refractivity contribution in [3.63, 3.8) is 0 Å². The molecule has 35 heavy (non-hydrogen) atoms. The first kappa shape index (κ1) is 26.0. The normalized spacial score (nSPS) is 11.4. The molecular weight excluding hydrogens is 440 g/mol. The lowest BCUT2D eigenvalue weighted by molar-refractivity contribution is -0.137. The number of aryl methyl sites for hydroxylation is 1. The molecule has 1 N–H and O–H groups in total. The Bertz CT molecular complexity index is 1130. The highest BCUT2D eigenvalue weighted by molar-refractivity contribution is 5.94. The van der Waals surface area contributed by atoms with Crippen molar-refractivity contribution >= 4 is 17.6 Å². The standard InChI is InChI=1S/C28H36N4O3/c1-20(2)17-31(27(34)19-35-23-10-8-7-9-11-23)18-26(33)29-25-16-24(28(4,5)6)30-32(25)22-14-12-21(3)13-15-22/h7-16,20H,17-19H2,1-6H3,(H,29,33). The molecule has 0 atom stereocenters. The molecule has 0 saturated carbocycles. The van der Waals surface area contributed by atoms with E-state index in [0.717, 1.165) is 16.9 Å². The number of aromatic nitrogens is 2. The summed E-state index contributed by atoms with van der Waals surface area (Å²) in [5.41, 5.74) is 2.67. The Morgan fingerprint density at radius 3 is 2.31 bits per heavy atom. The predicted molar refractivity (Wildman–Crippen MR) is 139 cm³/mol. The van der Waals surface area contributed by atoms with Crippen LogP contribution in [0.25, 0.3) is 5.69 Å². The first-order valence-electron chi connectivity index (χ1n) is 12.0. The molecular formula is C28H36N4O3. The van der Waals surface area contributed by atoms with Crippen LogP contribution in [0.2, 0.25) is 0 Å². The second-order valence-electron chi connectivity index (χ2n) is 10.2. The lowest BCUT2D eigenvalue weighted by Crippen LogP contribution is -2.42. The number of anilines is 1. The van der Waals surface area contributed by atoms with E-state index in [4.69, 9.17) is 9.84 Å². The molecule has 1 heterocycles. The van der Waals surface area contributed by atoms with Gasteiger partial charge in [-0.05, 0) is 37.1 Å². The number of hydrogen-bond donors (Lipinski definition) is 1. The lowest BCUT2D eigenvalue weighted by atomic mass is 9.92. The average molecular weight is 477 g/mol. The molecule has 0 aliphatic rings. The molecule has 1 aromatic heterocycles. The predicted octanol–water partition coefficient (Wildman–Crippen LogP) is 4.98. The molecule has 0 radical (unpaired) electrons. The number of carbonyl (C=O) groups excluding carboxylic acids is 2. The number of para-hydroxylation sites is 1. The fourth-order valence-corrected chi connectivity index (χ4v) is 3.52. The van der Waals surface area contributed by atoms with Gasteiger partial charge in [-0.3, -0.25) is 9.59 Å².